The fourth-order valence-electron chi connectivity index (χ4n) is 3.29. The molecule has 0 saturated heterocycles. The Morgan fingerprint density at radius 3 is 2.48 bits per heavy atom. The molecule has 0 radical (unpaired) electrons. The van der Waals surface area contributed by atoms with Gasteiger partial charge in [0.15, 0.2) is 13.2 Å². The van der Waals surface area contributed by atoms with Crippen molar-refractivity contribution in [1.29, 1.82) is 0 Å². The van der Waals surface area contributed by atoms with Gasteiger partial charge in [-0.1, -0.05) is 44.2 Å². The minimum Gasteiger partial charge on any atom is -0.482 e. The average Bonchev–Trinajstić information content (AvgIpc) is 3.00. The molecule has 5 nitrogen and oxygen atoms in total. The summed E-state index contributed by atoms with van der Waals surface area (Å²) in [5.41, 5.74) is 3.24. The molecule has 1 aliphatic heterocycles. The zero-order valence-corrected chi connectivity index (χ0v) is 16.0. The second kappa shape index (κ2) is 8.25. The second-order valence-electron chi connectivity index (χ2n) is 7.12. The van der Waals surface area contributed by atoms with E-state index in [1.54, 1.807) is 4.90 Å². The van der Waals surface area contributed by atoms with Crippen LogP contribution in [0.15, 0.2) is 48.5 Å². The molecule has 0 aliphatic carbocycles. The van der Waals surface area contributed by atoms with Gasteiger partial charge in [-0.15, -0.1) is 0 Å². The number of carbonyl (C=O) groups excluding carboxylic acids is 2. The molecule has 27 heavy (non-hydrogen) atoms. The van der Waals surface area contributed by atoms with Crippen LogP contribution in [0.25, 0.3) is 0 Å². The molecule has 1 amide bonds. The maximum Gasteiger partial charge on any atom is 0.344 e. The molecule has 0 aromatic heterocycles. The van der Waals surface area contributed by atoms with Gasteiger partial charge in [0.2, 0.25) is 0 Å². The van der Waals surface area contributed by atoms with Gasteiger partial charge >= 0.3 is 5.97 Å². The summed E-state index contributed by atoms with van der Waals surface area (Å²) in [5, 5.41) is 0. The standard InChI is InChI=1S/C22H25NO4/c1-15(2)17-8-10-19(11-9-17)26-14-22(25)27-13-21(24)23-16(3)12-18-6-4-5-7-20(18)23/h4-11,15-16H,12-14H2,1-3H3/t16-/m1/s1. The minimum absolute atomic E-state index is 0.0596. The van der Waals surface area contributed by atoms with E-state index in [1.807, 2.05) is 55.5 Å². The summed E-state index contributed by atoms with van der Waals surface area (Å²) in [6.07, 6.45) is 0.811. The van der Waals surface area contributed by atoms with Crippen LogP contribution in [0.5, 0.6) is 5.75 Å². The number of esters is 1. The zero-order chi connectivity index (χ0) is 19.4. The van der Waals surface area contributed by atoms with E-state index >= 15 is 0 Å². The lowest BCUT2D eigenvalue weighted by molar-refractivity contribution is -0.149. The molecule has 5 heteroatoms. The summed E-state index contributed by atoms with van der Waals surface area (Å²) in [7, 11) is 0. The van der Waals surface area contributed by atoms with E-state index < -0.39 is 5.97 Å². The monoisotopic (exact) mass is 367 g/mol. The number of rotatable bonds is 6. The first-order valence-corrected chi connectivity index (χ1v) is 9.24. The quantitative estimate of drug-likeness (QED) is 0.731. The predicted octanol–water partition coefficient (Wildman–Crippen LogP) is 3.71. The van der Waals surface area contributed by atoms with Crippen LogP contribution in [-0.2, 0) is 20.7 Å². The molecule has 0 fully saturated rings. The molecule has 0 bridgehead atoms. The molecule has 142 valence electrons. The highest BCUT2D eigenvalue weighted by molar-refractivity contribution is 5.97. The Bertz CT molecular complexity index is 813. The first-order chi connectivity index (χ1) is 13.0. The van der Waals surface area contributed by atoms with E-state index in [0.717, 1.165) is 17.7 Å². The molecule has 0 saturated carbocycles. The van der Waals surface area contributed by atoms with Crippen LogP contribution in [0.1, 0.15) is 37.8 Å². The molecule has 2 aromatic rings. The average molecular weight is 367 g/mol. The number of carbonyl (C=O) groups is 2. The highest BCUT2D eigenvalue weighted by Crippen LogP contribution is 2.31. The predicted molar refractivity (Wildman–Crippen MR) is 104 cm³/mol. The first kappa shape index (κ1) is 19.0. The third-order valence-corrected chi connectivity index (χ3v) is 4.74. The molecule has 3 rings (SSSR count). The highest BCUT2D eigenvalue weighted by Gasteiger charge is 2.30. The maximum atomic E-state index is 12.5. The first-order valence-electron chi connectivity index (χ1n) is 9.24. The van der Waals surface area contributed by atoms with E-state index in [2.05, 4.69) is 13.8 Å². The van der Waals surface area contributed by atoms with Gasteiger partial charge in [-0.05, 0) is 48.6 Å². The van der Waals surface area contributed by atoms with E-state index in [0.29, 0.717) is 11.7 Å². The fourth-order valence-corrected chi connectivity index (χ4v) is 3.29. The van der Waals surface area contributed by atoms with Gasteiger partial charge in [-0.25, -0.2) is 4.79 Å². The van der Waals surface area contributed by atoms with E-state index in [-0.39, 0.29) is 25.2 Å². The summed E-state index contributed by atoms with van der Waals surface area (Å²) in [6, 6.07) is 15.5. The smallest absolute Gasteiger partial charge is 0.344 e. The molecule has 1 atom stereocenters. The van der Waals surface area contributed by atoms with Crippen LogP contribution in [0.2, 0.25) is 0 Å². The topological polar surface area (TPSA) is 55.8 Å². The number of ether oxygens (including phenoxy) is 2. The Morgan fingerprint density at radius 1 is 1.07 bits per heavy atom. The molecule has 2 aromatic carbocycles. The maximum absolute atomic E-state index is 12.5. The minimum atomic E-state index is -0.559. The SMILES string of the molecule is CC(C)c1ccc(OCC(=O)OCC(=O)N2c3ccccc3C[C@H]2C)cc1. The lowest BCUT2D eigenvalue weighted by atomic mass is 10.0. The van der Waals surface area contributed by atoms with Crippen molar-refractivity contribution >= 4 is 17.6 Å². The lowest BCUT2D eigenvalue weighted by Crippen LogP contribution is -2.39. The largest absolute Gasteiger partial charge is 0.482 e. The molecular formula is C22H25NO4. The fraction of sp³-hybridized carbons (Fsp3) is 0.364. The number of benzene rings is 2. The molecule has 1 heterocycles. The molecule has 0 unspecified atom stereocenters. The summed E-state index contributed by atoms with van der Waals surface area (Å²) in [5.74, 6) is 0.261. The van der Waals surface area contributed by atoms with E-state index in [4.69, 9.17) is 9.47 Å². The number of nitrogens with zero attached hydrogens (tertiary/aromatic N) is 1. The Balaban J connectivity index is 1.48. The zero-order valence-electron chi connectivity index (χ0n) is 16.0. The number of anilines is 1. The number of hydrogen-bond acceptors (Lipinski definition) is 4. The van der Waals surface area contributed by atoms with Gasteiger partial charge in [-0.3, -0.25) is 4.79 Å². The number of amides is 1. The number of fused-ring (bicyclic) bond motifs is 1. The van der Waals surface area contributed by atoms with Crippen molar-refractivity contribution < 1.29 is 19.1 Å². The van der Waals surface area contributed by atoms with Gasteiger partial charge in [0.1, 0.15) is 5.75 Å². The van der Waals surface area contributed by atoms with Gasteiger partial charge in [-0.2, -0.15) is 0 Å². The van der Waals surface area contributed by atoms with Crippen LogP contribution in [0.4, 0.5) is 5.69 Å². The number of para-hydroxylation sites is 1. The Morgan fingerprint density at radius 2 is 1.78 bits per heavy atom. The van der Waals surface area contributed by atoms with Crippen LogP contribution >= 0.6 is 0 Å². The van der Waals surface area contributed by atoms with Crippen LogP contribution in [-0.4, -0.2) is 31.1 Å². The Hall–Kier alpha value is -2.82. The van der Waals surface area contributed by atoms with Crippen molar-refractivity contribution in [3.8, 4) is 5.75 Å². The van der Waals surface area contributed by atoms with Gasteiger partial charge in [0.25, 0.3) is 5.91 Å². The number of hydrogen-bond donors (Lipinski definition) is 0. The molecular weight excluding hydrogens is 342 g/mol. The van der Waals surface area contributed by atoms with Crippen molar-refractivity contribution in [2.24, 2.45) is 0 Å². The van der Waals surface area contributed by atoms with Crippen molar-refractivity contribution in [3.63, 3.8) is 0 Å². The van der Waals surface area contributed by atoms with Crippen molar-refractivity contribution in [1.82, 2.24) is 0 Å². The van der Waals surface area contributed by atoms with Gasteiger partial charge in [0, 0.05) is 11.7 Å². The third kappa shape index (κ3) is 4.48. The second-order valence-corrected chi connectivity index (χ2v) is 7.12. The van der Waals surface area contributed by atoms with Gasteiger partial charge < -0.3 is 14.4 Å². The Labute approximate surface area is 159 Å². The summed E-state index contributed by atoms with van der Waals surface area (Å²) in [6.45, 7) is 5.71. The van der Waals surface area contributed by atoms with Crippen LogP contribution in [0.3, 0.4) is 0 Å². The normalized spacial score (nSPS) is 15.6. The van der Waals surface area contributed by atoms with E-state index in [9.17, 15) is 9.59 Å². The molecule has 0 N–H and O–H groups in total. The molecule has 0 spiro atoms. The van der Waals surface area contributed by atoms with Crippen molar-refractivity contribution in [2.45, 2.75) is 39.2 Å². The summed E-state index contributed by atoms with van der Waals surface area (Å²) < 4.78 is 10.5. The molecule has 1 aliphatic rings. The van der Waals surface area contributed by atoms with Crippen molar-refractivity contribution in [3.05, 3.63) is 59.7 Å². The van der Waals surface area contributed by atoms with Crippen molar-refractivity contribution in [2.75, 3.05) is 18.1 Å². The van der Waals surface area contributed by atoms with Gasteiger partial charge in [0.05, 0.1) is 0 Å². The Kier molecular flexibility index (Phi) is 5.79. The van der Waals surface area contributed by atoms with Crippen LogP contribution in [0, 0.1) is 0 Å². The highest BCUT2D eigenvalue weighted by atomic mass is 16.6. The summed E-state index contributed by atoms with van der Waals surface area (Å²) >= 11 is 0. The third-order valence-electron chi connectivity index (χ3n) is 4.74. The lowest BCUT2D eigenvalue weighted by Gasteiger charge is -2.22. The summed E-state index contributed by atoms with van der Waals surface area (Å²) in [4.78, 5) is 26.1. The van der Waals surface area contributed by atoms with E-state index in [1.165, 1.54) is 5.56 Å². The van der Waals surface area contributed by atoms with Crippen LogP contribution < -0.4 is 9.64 Å².